The standard InChI is InChI=1S/C14H21N5S/c1-2-9-5-7-14(15,8-6-9)12-18-19-11(10-3-4-10)16-17-13(19)20-12/h9-10H,2-8,15H2,1H3. The molecule has 2 N–H and O–H groups in total. The van der Waals surface area contributed by atoms with Gasteiger partial charge in [0.1, 0.15) is 5.01 Å². The van der Waals surface area contributed by atoms with Crippen molar-refractivity contribution in [3.63, 3.8) is 0 Å². The summed E-state index contributed by atoms with van der Waals surface area (Å²) in [5.41, 5.74) is 6.41. The smallest absolute Gasteiger partial charge is 0.234 e. The molecule has 20 heavy (non-hydrogen) atoms. The van der Waals surface area contributed by atoms with Crippen LogP contribution < -0.4 is 5.73 Å². The number of nitrogens with zero attached hydrogens (tertiary/aromatic N) is 4. The van der Waals surface area contributed by atoms with E-state index in [0.29, 0.717) is 5.92 Å². The van der Waals surface area contributed by atoms with Crippen LogP contribution in [0, 0.1) is 5.92 Å². The lowest BCUT2D eigenvalue weighted by Gasteiger charge is -2.34. The van der Waals surface area contributed by atoms with Crippen LogP contribution >= 0.6 is 11.3 Å². The molecule has 6 heteroatoms. The Morgan fingerprint density at radius 3 is 2.65 bits per heavy atom. The molecule has 0 amide bonds. The number of rotatable bonds is 3. The van der Waals surface area contributed by atoms with Gasteiger partial charge in [-0.25, -0.2) is 0 Å². The van der Waals surface area contributed by atoms with Crippen LogP contribution in [-0.2, 0) is 5.54 Å². The van der Waals surface area contributed by atoms with Crippen LogP contribution in [0.15, 0.2) is 0 Å². The highest BCUT2D eigenvalue weighted by atomic mass is 32.1. The first-order valence-electron chi connectivity index (χ1n) is 7.71. The molecule has 108 valence electrons. The van der Waals surface area contributed by atoms with E-state index in [4.69, 9.17) is 10.8 Å². The van der Waals surface area contributed by atoms with Gasteiger partial charge in [-0.2, -0.15) is 9.61 Å². The molecular weight excluding hydrogens is 270 g/mol. The quantitative estimate of drug-likeness (QED) is 0.944. The third-order valence-corrected chi connectivity index (χ3v) is 6.08. The lowest BCUT2D eigenvalue weighted by Crippen LogP contribution is -2.40. The molecule has 0 aromatic carbocycles. The molecule has 2 aliphatic carbocycles. The molecule has 0 atom stereocenters. The van der Waals surface area contributed by atoms with E-state index < -0.39 is 0 Å². The summed E-state index contributed by atoms with van der Waals surface area (Å²) in [4.78, 5) is 0.907. The van der Waals surface area contributed by atoms with Crippen molar-refractivity contribution in [1.29, 1.82) is 0 Å². The normalized spacial score (nSPS) is 31.0. The van der Waals surface area contributed by atoms with E-state index in [1.165, 1.54) is 32.1 Å². The van der Waals surface area contributed by atoms with E-state index in [2.05, 4.69) is 17.1 Å². The number of nitrogens with two attached hydrogens (primary N) is 1. The Kier molecular flexibility index (Phi) is 2.86. The first kappa shape index (κ1) is 12.7. The van der Waals surface area contributed by atoms with Gasteiger partial charge in [-0.15, -0.1) is 10.2 Å². The number of fused-ring (bicyclic) bond motifs is 1. The highest BCUT2D eigenvalue weighted by molar-refractivity contribution is 7.16. The highest BCUT2D eigenvalue weighted by Crippen LogP contribution is 2.42. The average molecular weight is 291 g/mol. The van der Waals surface area contributed by atoms with Crippen LogP contribution in [0.5, 0.6) is 0 Å². The van der Waals surface area contributed by atoms with Crippen molar-refractivity contribution >= 4 is 16.3 Å². The third kappa shape index (κ3) is 1.97. The van der Waals surface area contributed by atoms with Crippen LogP contribution in [0.3, 0.4) is 0 Å². The molecule has 0 spiro atoms. The lowest BCUT2D eigenvalue weighted by molar-refractivity contribution is 0.230. The van der Waals surface area contributed by atoms with Crippen LogP contribution in [0.1, 0.15) is 68.6 Å². The Balaban J connectivity index is 1.64. The molecule has 2 heterocycles. The second kappa shape index (κ2) is 4.49. The van der Waals surface area contributed by atoms with Crippen molar-refractivity contribution in [2.45, 2.75) is 63.3 Å². The molecule has 5 nitrogen and oxygen atoms in total. The number of hydrogen-bond acceptors (Lipinski definition) is 5. The van der Waals surface area contributed by atoms with Crippen LogP contribution in [0.25, 0.3) is 4.96 Å². The van der Waals surface area contributed by atoms with Gasteiger partial charge >= 0.3 is 0 Å². The summed E-state index contributed by atoms with van der Waals surface area (Å²) in [6, 6.07) is 0. The van der Waals surface area contributed by atoms with Gasteiger partial charge in [-0.05, 0) is 44.4 Å². The van der Waals surface area contributed by atoms with E-state index in [0.717, 1.165) is 34.6 Å². The fourth-order valence-corrected chi connectivity index (χ4v) is 4.25. The van der Waals surface area contributed by atoms with Crippen LogP contribution in [0.2, 0.25) is 0 Å². The first-order chi connectivity index (χ1) is 9.69. The van der Waals surface area contributed by atoms with Gasteiger partial charge < -0.3 is 5.73 Å². The second-order valence-corrected chi connectivity index (χ2v) is 7.40. The third-order valence-electron chi connectivity index (χ3n) is 4.96. The van der Waals surface area contributed by atoms with Gasteiger partial charge in [0.2, 0.25) is 4.96 Å². The molecule has 2 saturated carbocycles. The zero-order chi connectivity index (χ0) is 13.7. The Labute approximate surface area is 122 Å². The maximum Gasteiger partial charge on any atom is 0.234 e. The maximum absolute atomic E-state index is 6.65. The number of hydrogen-bond donors (Lipinski definition) is 1. The molecule has 4 rings (SSSR count). The fourth-order valence-electron chi connectivity index (χ4n) is 3.24. The van der Waals surface area contributed by atoms with Gasteiger partial charge in [-0.3, -0.25) is 0 Å². The summed E-state index contributed by atoms with van der Waals surface area (Å²) in [6.07, 6.45) is 8.26. The van der Waals surface area contributed by atoms with E-state index in [9.17, 15) is 0 Å². The second-order valence-electron chi connectivity index (χ2n) is 6.44. The molecule has 2 fully saturated rings. The van der Waals surface area contributed by atoms with Gasteiger partial charge in [0.15, 0.2) is 5.82 Å². The van der Waals surface area contributed by atoms with Crippen molar-refractivity contribution in [2.24, 2.45) is 11.7 Å². The zero-order valence-corrected chi connectivity index (χ0v) is 12.7. The summed E-state index contributed by atoms with van der Waals surface area (Å²) < 4.78 is 1.94. The van der Waals surface area contributed by atoms with Gasteiger partial charge in [0.25, 0.3) is 0 Å². The Hall–Kier alpha value is -1.01. The minimum absolute atomic E-state index is 0.238. The minimum atomic E-state index is -0.238. The molecule has 0 saturated heterocycles. The predicted octanol–water partition coefficient (Wildman–Crippen LogP) is 2.82. The molecule has 2 aromatic rings. The van der Waals surface area contributed by atoms with Gasteiger partial charge in [-0.1, -0.05) is 24.7 Å². The highest BCUT2D eigenvalue weighted by Gasteiger charge is 2.37. The minimum Gasteiger partial charge on any atom is -0.319 e. The molecule has 2 aliphatic rings. The van der Waals surface area contributed by atoms with Crippen molar-refractivity contribution in [3.05, 3.63) is 10.8 Å². The Bertz CT molecular complexity index is 619. The summed E-state index contributed by atoms with van der Waals surface area (Å²) in [5.74, 6) is 2.46. The molecule has 0 bridgehead atoms. The monoisotopic (exact) mass is 291 g/mol. The maximum atomic E-state index is 6.65. The SMILES string of the molecule is CCC1CCC(N)(c2nn3c(C4CC4)nnc3s2)CC1. The summed E-state index contributed by atoms with van der Waals surface area (Å²) >= 11 is 1.63. The van der Waals surface area contributed by atoms with Gasteiger partial charge in [0.05, 0.1) is 5.54 Å². The molecule has 2 aromatic heterocycles. The number of aromatic nitrogens is 4. The molecule has 0 unspecified atom stereocenters. The predicted molar refractivity (Wildman–Crippen MR) is 78.7 cm³/mol. The first-order valence-corrected chi connectivity index (χ1v) is 8.53. The van der Waals surface area contributed by atoms with E-state index in [1.807, 2.05) is 4.52 Å². The summed E-state index contributed by atoms with van der Waals surface area (Å²) in [5, 5.41) is 14.4. The van der Waals surface area contributed by atoms with E-state index in [-0.39, 0.29) is 5.54 Å². The fraction of sp³-hybridized carbons (Fsp3) is 0.786. The Morgan fingerprint density at radius 2 is 2.00 bits per heavy atom. The van der Waals surface area contributed by atoms with Crippen LogP contribution in [0.4, 0.5) is 0 Å². The lowest BCUT2D eigenvalue weighted by atomic mass is 9.76. The largest absolute Gasteiger partial charge is 0.319 e. The molecular formula is C14H21N5S. The molecule has 0 radical (unpaired) electrons. The van der Waals surface area contributed by atoms with Gasteiger partial charge in [0, 0.05) is 5.92 Å². The zero-order valence-electron chi connectivity index (χ0n) is 11.9. The van der Waals surface area contributed by atoms with Crippen molar-refractivity contribution in [2.75, 3.05) is 0 Å². The van der Waals surface area contributed by atoms with E-state index in [1.54, 1.807) is 11.3 Å². The topological polar surface area (TPSA) is 69.1 Å². The molecule has 0 aliphatic heterocycles. The van der Waals surface area contributed by atoms with E-state index >= 15 is 0 Å². The summed E-state index contributed by atoms with van der Waals surface area (Å²) in [7, 11) is 0. The Morgan fingerprint density at radius 1 is 1.25 bits per heavy atom. The van der Waals surface area contributed by atoms with Crippen molar-refractivity contribution in [1.82, 2.24) is 19.8 Å². The summed E-state index contributed by atoms with van der Waals surface area (Å²) in [6.45, 7) is 2.28. The average Bonchev–Trinajstić information content (AvgIpc) is 3.07. The van der Waals surface area contributed by atoms with Crippen molar-refractivity contribution < 1.29 is 0 Å². The van der Waals surface area contributed by atoms with Crippen molar-refractivity contribution in [3.8, 4) is 0 Å². The van der Waals surface area contributed by atoms with Crippen LogP contribution in [-0.4, -0.2) is 19.8 Å².